The van der Waals surface area contributed by atoms with Gasteiger partial charge in [0.15, 0.2) is 11.5 Å². The molecule has 0 saturated carbocycles. The van der Waals surface area contributed by atoms with Crippen LogP contribution in [-0.2, 0) is 16.6 Å². The molecule has 2 aliphatic heterocycles. The number of benzene rings is 2. The molecule has 0 atom stereocenters. The number of ether oxygens (including phenoxy) is 3. The smallest absolute Gasteiger partial charge is 0.254 e. The Bertz CT molecular complexity index is 1150. The molecule has 1 N–H and O–H groups in total. The average molecular weight is 451 g/mol. The normalized spacial score (nSPS) is 16.5. The second-order valence-corrected chi connectivity index (χ2v) is 8.39. The number of carbonyl (C=O) groups excluding carboxylic acids is 1. The van der Waals surface area contributed by atoms with Gasteiger partial charge >= 0.3 is 0 Å². The van der Waals surface area contributed by atoms with Crippen molar-refractivity contribution in [3.05, 3.63) is 71.3 Å². The zero-order chi connectivity index (χ0) is 22.8. The lowest BCUT2D eigenvalue weighted by Crippen LogP contribution is -2.44. The standard InChI is InChI=1S/C25H26FN3O4/c1-2-21-20(14-28-29(21)19-6-4-18(26)5-7-19)24(30)27-15-25(9-11-31-12-10-25)17-3-8-22-23(13-17)33-16-32-22/h3-8,13-14H,2,9-12,15-16H2,1H3,(H,27,30). The van der Waals surface area contributed by atoms with Crippen molar-refractivity contribution in [3.8, 4) is 17.2 Å². The molecule has 0 bridgehead atoms. The number of hydrogen-bond acceptors (Lipinski definition) is 5. The van der Waals surface area contributed by atoms with Crippen LogP contribution in [0.1, 0.15) is 41.4 Å². The third-order valence-corrected chi connectivity index (χ3v) is 6.54. The van der Waals surface area contributed by atoms with Gasteiger partial charge in [0, 0.05) is 25.2 Å². The van der Waals surface area contributed by atoms with E-state index in [1.165, 1.54) is 12.1 Å². The summed E-state index contributed by atoms with van der Waals surface area (Å²) in [6.07, 6.45) is 3.78. The highest BCUT2D eigenvalue weighted by Gasteiger charge is 2.36. The highest BCUT2D eigenvalue weighted by atomic mass is 19.1. The Morgan fingerprint density at radius 1 is 1.12 bits per heavy atom. The summed E-state index contributed by atoms with van der Waals surface area (Å²) in [4.78, 5) is 13.2. The monoisotopic (exact) mass is 451 g/mol. The van der Waals surface area contributed by atoms with Gasteiger partial charge in [-0.1, -0.05) is 13.0 Å². The van der Waals surface area contributed by atoms with Gasteiger partial charge in [-0.05, 0) is 61.2 Å². The summed E-state index contributed by atoms with van der Waals surface area (Å²) < 4.78 is 31.7. The van der Waals surface area contributed by atoms with Crippen LogP contribution in [0.3, 0.4) is 0 Å². The molecule has 2 aliphatic rings. The minimum Gasteiger partial charge on any atom is -0.454 e. The van der Waals surface area contributed by atoms with Crippen molar-refractivity contribution in [1.82, 2.24) is 15.1 Å². The summed E-state index contributed by atoms with van der Waals surface area (Å²) in [5.41, 5.74) is 2.87. The fourth-order valence-corrected chi connectivity index (χ4v) is 4.61. The Kier molecular flexibility index (Phi) is 5.76. The fraction of sp³-hybridized carbons (Fsp3) is 0.360. The molecule has 1 aromatic heterocycles. The zero-order valence-corrected chi connectivity index (χ0v) is 18.5. The molecule has 0 unspecified atom stereocenters. The Hall–Kier alpha value is -3.39. The van der Waals surface area contributed by atoms with Gasteiger partial charge in [0.2, 0.25) is 6.79 Å². The van der Waals surface area contributed by atoms with Crippen molar-refractivity contribution < 1.29 is 23.4 Å². The maximum atomic E-state index is 13.3. The van der Waals surface area contributed by atoms with E-state index in [0.717, 1.165) is 35.6 Å². The second-order valence-electron chi connectivity index (χ2n) is 8.39. The number of fused-ring (bicyclic) bond motifs is 1. The van der Waals surface area contributed by atoms with Gasteiger partial charge in [0.05, 0.1) is 23.1 Å². The Morgan fingerprint density at radius 2 is 1.88 bits per heavy atom. The molecular weight excluding hydrogens is 425 g/mol. The fourth-order valence-electron chi connectivity index (χ4n) is 4.61. The van der Waals surface area contributed by atoms with Crippen molar-refractivity contribution in [1.29, 1.82) is 0 Å². The predicted octanol–water partition coefficient (Wildman–Crippen LogP) is 3.78. The Balaban J connectivity index is 1.38. The van der Waals surface area contributed by atoms with Crippen molar-refractivity contribution in [2.24, 2.45) is 0 Å². The van der Waals surface area contributed by atoms with E-state index in [0.29, 0.717) is 37.4 Å². The molecule has 5 rings (SSSR count). The molecule has 172 valence electrons. The maximum absolute atomic E-state index is 13.3. The van der Waals surface area contributed by atoms with Crippen molar-refractivity contribution in [2.45, 2.75) is 31.6 Å². The highest BCUT2D eigenvalue weighted by molar-refractivity contribution is 5.95. The number of rotatable bonds is 6. The first-order chi connectivity index (χ1) is 16.1. The summed E-state index contributed by atoms with van der Waals surface area (Å²) in [6, 6.07) is 12.1. The first-order valence-corrected chi connectivity index (χ1v) is 11.2. The lowest BCUT2D eigenvalue weighted by Gasteiger charge is -2.38. The van der Waals surface area contributed by atoms with Crippen molar-refractivity contribution >= 4 is 5.91 Å². The maximum Gasteiger partial charge on any atom is 0.254 e. The molecule has 2 aromatic carbocycles. The van der Waals surface area contributed by atoms with Gasteiger partial charge in [0.25, 0.3) is 5.91 Å². The molecule has 3 heterocycles. The third-order valence-electron chi connectivity index (χ3n) is 6.54. The van der Waals surface area contributed by atoms with E-state index >= 15 is 0 Å². The number of halogens is 1. The number of nitrogens with one attached hydrogen (secondary N) is 1. The van der Waals surface area contributed by atoms with Gasteiger partial charge in [0.1, 0.15) is 5.82 Å². The lowest BCUT2D eigenvalue weighted by molar-refractivity contribution is 0.0486. The number of hydrogen-bond donors (Lipinski definition) is 1. The van der Waals surface area contributed by atoms with Crippen molar-refractivity contribution in [3.63, 3.8) is 0 Å². The van der Waals surface area contributed by atoms with E-state index in [4.69, 9.17) is 14.2 Å². The summed E-state index contributed by atoms with van der Waals surface area (Å²) in [7, 11) is 0. The summed E-state index contributed by atoms with van der Waals surface area (Å²) in [5.74, 6) is 0.989. The predicted molar refractivity (Wildman–Crippen MR) is 120 cm³/mol. The molecule has 0 aliphatic carbocycles. The van der Waals surface area contributed by atoms with Gasteiger partial charge < -0.3 is 19.5 Å². The van der Waals surface area contributed by atoms with E-state index in [2.05, 4.69) is 16.5 Å². The van der Waals surface area contributed by atoms with Crippen LogP contribution in [0, 0.1) is 5.82 Å². The van der Waals surface area contributed by atoms with Crippen LogP contribution in [0.4, 0.5) is 4.39 Å². The van der Waals surface area contributed by atoms with Gasteiger partial charge in [-0.15, -0.1) is 0 Å². The van der Waals surface area contributed by atoms with Gasteiger partial charge in [-0.2, -0.15) is 5.10 Å². The number of nitrogens with zero attached hydrogens (tertiary/aromatic N) is 2. The molecule has 3 aromatic rings. The van der Waals surface area contributed by atoms with Crippen LogP contribution in [0.25, 0.3) is 5.69 Å². The summed E-state index contributed by atoms with van der Waals surface area (Å²) in [5, 5.41) is 7.54. The topological polar surface area (TPSA) is 74.6 Å². The number of carbonyl (C=O) groups is 1. The Morgan fingerprint density at radius 3 is 2.64 bits per heavy atom. The molecule has 1 amide bonds. The van der Waals surface area contributed by atoms with Crippen LogP contribution < -0.4 is 14.8 Å². The van der Waals surface area contributed by atoms with Crippen LogP contribution in [0.15, 0.2) is 48.7 Å². The lowest BCUT2D eigenvalue weighted by atomic mass is 9.74. The molecular formula is C25H26FN3O4. The van der Waals surface area contributed by atoms with Gasteiger partial charge in [-0.3, -0.25) is 4.79 Å². The van der Waals surface area contributed by atoms with E-state index in [1.807, 2.05) is 19.1 Å². The number of amides is 1. The molecule has 0 radical (unpaired) electrons. The molecule has 1 saturated heterocycles. The van der Waals surface area contributed by atoms with Crippen LogP contribution in [0.2, 0.25) is 0 Å². The minimum absolute atomic E-state index is 0.174. The highest BCUT2D eigenvalue weighted by Crippen LogP contribution is 2.40. The summed E-state index contributed by atoms with van der Waals surface area (Å²) >= 11 is 0. The first kappa shape index (κ1) is 21.5. The second kappa shape index (κ2) is 8.86. The van der Waals surface area contributed by atoms with E-state index < -0.39 is 0 Å². The minimum atomic E-state index is -0.313. The SMILES string of the molecule is CCc1c(C(=O)NCC2(c3ccc4c(c3)OCO4)CCOCC2)cnn1-c1ccc(F)cc1. The van der Waals surface area contributed by atoms with Gasteiger partial charge in [-0.25, -0.2) is 9.07 Å². The molecule has 8 heteroatoms. The van der Waals surface area contributed by atoms with Crippen LogP contribution >= 0.6 is 0 Å². The average Bonchev–Trinajstić information content (AvgIpc) is 3.50. The largest absolute Gasteiger partial charge is 0.454 e. The van der Waals surface area contributed by atoms with Crippen LogP contribution in [0.5, 0.6) is 11.5 Å². The third kappa shape index (κ3) is 4.06. The molecule has 33 heavy (non-hydrogen) atoms. The first-order valence-electron chi connectivity index (χ1n) is 11.2. The molecule has 0 spiro atoms. The number of aromatic nitrogens is 2. The quantitative estimate of drug-likeness (QED) is 0.618. The Labute approximate surface area is 191 Å². The van der Waals surface area contributed by atoms with E-state index in [9.17, 15) is 9.18 Å². The molecule has 1 fully saturated rings. The van der Waals surface area contributed by atoms with Crippen molar-refractivity contribution in [2.75, 3.05) is 26.6 Å². The van der Waals surface area contributed by atoms with Crippen LogP contribution in [-0.4, -0.2) is 42.2 Å². The van der Waals surface area contributed by atoms with E-state index in [1.54, 1.807) is 23.0 Å². The molecule has 7 nitrogen and oxygen atoms in total. The zero-order valence-electron chi connectivity index (χ0n) is 18.5. The summed E-state index contributed by atoms with van der Waals surface area (Å²) in [6.45, 7) is 3.93. The van der Waals surface area contributed by atoms with E-state index in [-0.39, 0.29) is 23.9 Å².